The molecule has 2 aromatic rings. The number of nitrogens with zero attached hydrogens (tertiary/aromatic N) is 5. The van der Waals surface area contributed by atoms with E-state index in [9.17, 15) is 0 Å². The van der Waals surface area contributed by atoms with Crippen LogP contribution in [0.4, 0.5) is 5.82 Å². The lowest BCUT2D eigenvalue weighted by Crippen LogP contribution is -2.46. The van der Waals surface area contributed by atoms with Gasteiger partial charge in [-0.25, -0.2) is 4.98 Å². The molecule has 6 nitrogen and oxygen atoms in total. The van der Waals surface area contributed by atoms with Gasteiger partial charge in [-0.05, 0) is 25.8 Å². The van der Waals surface area contributed by atoms with Crippen LogP contribution < -0.4 is 10.2 Å². The Hall–Kier alpha value is -1.69. The summed E-state index contributed by atoms with van der Waals surface area (Å²) in [5, 5.41) is 11.7. The predicted octanol–water partition coefficient (Wildman–Crippen LogP) is 1.09. The van der Waals surface area contributed by atoms with E-state index in [0.29, 0.717) is 6.04 Å². The minimum atomic E-state index is 0.554. The first-order chi connectivity index (χ1) is 9.38. The highest BCUT2D eigenvalue weighted by Gasteiger charge is 2.22. The largest absolute Gasteiger partial charge is 0.352 e. The van der Waals surface area contributed by atoms with E-state index in [1.165, 1.54) is 19.3 Å². The van der Waals surface area contributed by atoms with Gasteiger partial charge in [-0.1, -0.05) is 6.92 Å². The molecule has 1 N–H and O–H groups in total. The molecule has 0 radical (unpaired) electrons. The zero-order valence-electron chi connectivity index (χ0n) is 11.3. The summed E-state index contributed by atoms with van der Waals surface area (Å²) < 4.78 is 1.92. The van der Waals surface area contributed by atoms with E-state index in [1.54, 1.807) is 6.33 Å². The maximum absolute atomic E-state index is 4.49. The van der Waals surface area contributed by atoms with Crippen LogP contribution in [0.5, 0.6) is 0 Å². The molecule has 3 heterocycles. The number of hydrogen-bond acceptors (Lipinski definition) is 5. The minimum Gasteiger partial charge on any atom is -0.352 e. The Balaban J connectivity index is 1.79. The highest BCUT2D eigenvalue weighted by atomic mass is 15.3. The third-order valence-electron chi connectivity index (χ3n) is 3.60. The molecule has 102 valence electrons. The summed E-state index contributed by atoms with van der Waals surface area (Å²) in [6.07, 6.45) is 9.03. The summed E-state index contributed by atoms with van der Waals surface area (Å²) in [7, 11) is 0. The van der Waals surface area contributed by atoms with Gasteiger partial charge in [0.05, 0.1) is 0 Å². The van der Waals surface area contributed by atoms with Crippen LogP contribution in [0.3, 0.4) is 0 Å². The Morgan fingerprint density at radius 2 is 2.42 bits per heavy atom. The van der Waals surface area contributed by atoms with Gasteiger partial charge >= 0.3 is 0 Å². The van der Waals surface area contributed by atoms with Crippen molar-refractivity contribution in [2.75, 3.05) is 24.5 Å². The summed E-state index contributed by atoms with van der Waals surface area (Å²) in [5.41, 5.74) is 0.846. The number of nitrogens with one attached hydrogen (secondary N) is 1. The van der Waals surface area contributed by atoms with Gasteiger partial charge in [-0.2, -0.15) is 0 Å². The minimum absolute atomic E-state index is 0.554. The Morgan fingerprint density at radius 3 is 3.32 bits per heavy atom. The molecule has 19 heavy (non-hydrogen) atoms. The van der Waals surface area contributed by atoms with Crippen LogP contribution in [0.15, 0.2) is 18.7 Å². The molecule has 0 saturated carbocycles. The highest BCUT2D eigenvalue weighted by molar-refractivity contribution is 5.63. The lowest BCUT2D eigenvalue weighted by atomic mass is 10.1. The molecular formula is C13H20N6. The molecule has 0 spiro atoms. The molecule has 1 saturated heterocycles. The van der Waals surface area contributed by atoms with Gasteiger partial charge < -0.3 is 10.2 Å². The standard InChI is InChI=1S/C13H20N6/c1-2-5-14-11-4-3-7-18(9-11)12-13-17-16-10-19(13)8-6-15-12/h6,8,10-11,14H,2-5,7,9H2,1H3. The van der Waals surface area contributed by atoms with E-state index in [0.717, 1.165) is 31.1 Å². The van der Waals surface area contributed by atoms with Crippen LogP contribution in [0, 0.1) is 0 Å². The smallest absolute Gasteiger partial charge is 0.203 e. The Kier molecular flexibility index (Phi) is 3.59. The van der Waals surface area contributed by atoms with Crippen molar-refractivity contribution in [3.05, 3.63) is 18.7 Å². The first-order valence-electron chi connectivity index (χ1n) is 7.01. The second-order valence-corrected chi connectivity index (χ2v) is 5.05. The van der Waals surface area contributed by atoms with Gasteiger partial charge in [-0.3, -0.25) is 4.40 Å². The van der Waals surface area contributed by atoms with Gasteiger partial charge in [0.15, 0.2) is 5.82 Å². The summed E-state index contributed by atoms with van der Waals surface area (Å²) in [6, 6.07) is 0.554. The van der Waals surface area contributed by atoms with Crippen LogP contribution in [0.1, 0.15) is 26.2 Å². The van der Waals surface area contributed by atoms with E-state index in [2.05, 4.69) is 32.3 Å². The molecule has 0 amide bonds. The maximum atomic E-state index is 4.49. The summed E-state index contributed by atoms with van der Waals surface area (Å²) in [4.78, 5) is 6.81. The lowest BCUT2D eigenvalue weighted by molar-refractivity contribution is 0.422. The normalized spacial score (nSPS) is 20.1. The van der Waals surface area contributed by atoms with Crippen molar-refractivity contribution in [2.45, 2.75) is 32.2 Å². The summed E-state index contributed by atoms with van der Waals surface area (Å²) >= 11 is 0. The molecule has 1 atom stereocenters. The highest BCUT2D eigenvalue weighted by Crippen LogP contribution is 2.20. The fourth-order valence-corrected chi connectivity index (χ4v) is 2.65. The van der Waals surface area contributed by atoms with Crippen molar-refractivity contribution < 1.29 is 0 Å². The van der Waals surface area contributed by atoms with Gasteiger partial charge in [-0.15, -0.1) is 10.2 Å². The molecule has 1 aliphatic heterocycles. The Morgan fingerprint density at radius 1 is 1.47 bits per heavy atom. The molecule has 0 bridgehead atoms. The van der Waals surface area contributed by atoms with E-state index in [1.807, 2.05) is 16.8 Å². The molecule has 1 aliphatic rings. The van der Waals surface area contributed by atoms with Gasteiger partial charge in [0, 0.05) is 31.5 Å². The molecule has 0 aliphatic carbocycles. The van der Waals surface area contributed by atoms with Gasteiger partial charge in [0.25, 0.3) is 0 Å². The molecule has 6 heteroatoms. The van der Waals surface area contributed by atoms with Crippen molar-refractivity contribution in [2.24, 2.45) is 0 Å². The van der Waals surface area contributed by atoms with E-state index in [4.69, 9.17) is 0 Å². The molecular weight excluding hydrogens is 240 g/mol. The fraction of sp³-hybridized carbons (Fsp3) is 0.615. The van der Waals surface area contributed by atoms with Crippen LogP contribution in [-0.2, 0) is 0 Å². The number of anilines is 1. The lowest BCUT2D eigenvalue weighted by Gasteiger charge is -2.34. The van der Waals surface area contributed by atoms with Crippen LogP contribution in [-0.4, -0.2) is 45.3 Å². The van der Waals surface area contributed by atoms with Gasteiger partial charge in [0.1, 0.15) is 6.33 Å². The topological polar surface area (TPSA) is 58.4 Å². The molecule has 0 aromatic carbocycles. The number of aromatic nitrogens is 4. The maximum Gasteiger partial charge on any atom is 0.203 e. The third-order valence-corrected chi connectivity index (χ3v) is 3.60. The second-order valence-electron chi connectivity index (χ2n) is 5.05. The zero-order chi connectivity index (χ0) is 13.1. The molecule has 1 fully saturated rings. The van der Waals surface area contributed by atoms with Crippen molar-refractivity contribution in [3.8, 4) is 0 Å². The first kappa shape index (κ1) is 12.3. The number of piperidine rings is 1. The SMILES string of the molecule is CCCNC1CCCN(c2nccn3cnnc23)C1. The predicted molar refractivity (Wildman–Crippen MR) is 74.3 cm³/mol. The quantitative estimate of drug-likeness (QED) is 0.892. The monoisotopic (exact) mass is 260 g/mol. The van der Waals surface area contributed by atoms with E-state index in [-0.39, 0.29) is 0 Å². The Labute approximate surface area is 112 Å². The van der Waals surface area contributed by atoms with Crippen LogP contribution in [0.25, 0.3) is 5.65 Å². The second kappa shape index (κ2) is 5.52. The Bertz CT molecular complexity index is 537. The summed E-state index contributed by atoms with van der Waals surface area (Å²) in [6.45, 7) is 5.33. The fourth-order valence-electron chi connectivity index (χ4n) is 2.65. The average molecular weight is 260 g/mol. The molecule has 3 rings (SSSR count). The number of rotatable bonds is 4. The average Bonchev–Trinajstić information content (AvgIpc) is 2.93. The first-order valence-corrected chi connectivity index (χ1v) is 7.01. The van der Waals surface area contributed by atoms with E-state index < -0.39 is 0 Å². The molecule has 2 aromatic heterocycles. The van der Waals surface area contributed by atoms with Crippen molar-refractivity contribution in [3.63, 3.8) is 0 Å². The van der Waals surface area contributed by atoms with E-state index >= 15 is 0 Å². The van der Waals surface area contributed by atoms with Crippen LogP contribution >= 0.6 is 0 Å². The van der Waals surface area contributed by atoms with Crippen molar-refractivity contribution >= 4 is 11.5 Å². The van der Waals surface area contributed by atoms with Gasteiger partial charge in [0.2, 0.25) is 5.65 Å². The summed E-state index contributed by atoms with van der Waals surface area (Å²) in [5.74, 6) is 0.947. The zero-order valence-corrected chi connectivity index (χ0v) is 11.3. The van der Waals surface area contributed by atoms with Crippen molar-refractivity contribution in [1.29, 1.82) is 0 Å². The number of hydrogen-bond donors (Lipinski definition) is 1. The van der Waals surface area contributed by atoms with Crippen molar-refractivity contribution in [1.82, 2.24) is 24.9 Å². The van der Waals surface area contributed by atoms with Crippen LogP contribution in [0.2, 0.25) is 0 Å². The molecule has 1 unspecified atom stereocenters. The number of fused-ring (bicyclic) bond motifs is 1. The third kappa shape index (κ3) is 2.53.